The van der Waals surface area contributed by atoms with Crippen molar-refractivity contribution in [2.45, 2.75) is 65.1 Å². The van der Waals surface area contributed by atoms with Crippen LogP contribution < -0.4 is 5.32 Å². The lowest BCUT2D eigenvalue weighted by Gasteiger charge is -2.32. The fraction of sp³-hybridized carbons (Fsp3) is 0.480. The molecule has 3 heterocycles. The van der Waals surface area contributed by atoms with E-state index in [9.17, 15) is 4.79 Å². The number of likely N-dealkylation sites (tertiary alicyclic amines) is 1. The van der Waals surface area contributed by atoms with Gasteiger partial charge in [-0.2, -0.15) is 5.10 Å². The van der Waals surface area contributed by atoms with Crippen LogP contribution in [0.1, 0.15) is 74.1 Å². The number of fused-ring (bicyclic) bond motifs is 1. The van der Waals surface area contributed by atoms with Crippen LogP contribution in [-0.4, -0.2) is 44.7 Å². The lowest BCUT2D eigenvalue weighted by molar-refractivity contribution is 0.0910. The van der Waals surface area contributed by atoms with Crippen molar-refractivity contribution in [2.24, 2.45) is 0 Å². The second-order valence-corrected chi connectivity index (χ2v) is 9.18. The quantitative estimate of drug-likeness (QED) is 0.638. The summed E-state index contributed by atoms with van der Waals surface area (Å²) < 4.78 is 1.90. The highest BCUT2D eigenvalue weighted by molar-refractivity contribution is 6.05. The molecule has 2 aromatic heterocycles. The molecule has 0 atom stereocenters. The minimum absolute atomic E-state index is 0.0147. The molecule has 6 heteroatoms. The molecule has 0 spiro atoms. The Morgan fingerprint density at radius 1 is 1.13 bits per heavy atom. The number of rotatable bonds is 6. The number of nitrogens with one attached hydrogen (secondary N) is 1. The molecule has 1 amide bonds. The lowest BCUT2D eigenvalue weighted by Crippen LogP contribution is -2.44. The molecule has 0 aliphatic carbocycles. The van der Waals surface area contributed by atoms with E-state index >= 15 is 0 Å². The van der Waals surface area contributed by atoms with E-state index in [2.05, 4.69) is 73.3 Å². The van der Waals surface area contributed by atoms with Crippen molar-refractivity contribution in [3.05, 3.63) is 59.4 Å². The number of carbonyl (C=O) groups excluding carboxylic acids is 1. The highest BCUT2D eigenvalue weighted by Crippen LogP contribution is 2.25. The zero-order chi connectivity index (χ0) is 22.0. The van der Waals surface area contributed by atoms with E-state index in [0.717, 1.165) is 49.2 Å². The van der Waals surface area contributed by atoms with Crippen molar-refractivity contribution in [3.63, 3.8) is 0 Å². The van der Waals surface area contributed by atoms with Gasteiger partial charge in [-0.3, -0.25) is 9.69 Å². The van der Waals surface area contributed by atoms with E-state index in [4.69, 9.17) is 4.98 Å². The highest BCUT2D eigenvalue weighted by atomic mass is 16.1. The van der Waals surface area contributed by atoms with E-state index in [-0.39, 0.29) is 23.9 Å². The second kappa shape index (κ2) is 9.18. The van der Waals surface area contributed by atoms with Crippen LogP contribution in [-0.2, 0) is 6.54 Å². The smallest absolute Gasteiger partial charge is 0.252 e. The Bertz CT molecular complexity index is 1030. The fourth-order valence-corrected chi connectivity index (χ4v) is 4.24. The molecule has 0 bridgehead atoms. The van der Waals surface area contributed by atoms with E-state index in [0.29, 0.717) is 5.56 Å². The Balaban J connectivity index is 1.46. The number of amides is 1. The molecule has 1 saturated heterocycles. The van der Waals surface area contributed by atoms with Gasteiger partial charge >= 0.3 is 0 Å². The van der Waals surface area contributed by atoms with Crippen molar-refractivity contribution in [1.82, 2.24) is 25.0 Å². The first-order valence-corrected chi connectivity index (χ1v) is 11.4. The van der Waals surface area contributed by atoms with Crippen LogP contribution in [0.3, 0.4) is 0 Å². The van der Waals surface area contributed by atoms with Gasteiger partial charge in [-0.15, -0.1) is 0 Å². The first-order chi connectivity index (χ1) is 14.9. The maximum absolute atomic E-state index is 13.3. The Kier molecular flexibility index (Phi) is 6.37. The first kappa shape index (κ1) is 21.5. The van der Waals surface area contributed by atoms with Gasteiger partial charge < -0.3 is 5.32 Å². The monoisotopic (exact) mass is 419 g/mol. The summed E-state index contributed by atoms with van der Waals surface area (Å²) in [5.74, 6) is 0.229. The number of pyridine rings is 1. The predicted octanol–water partition coefficient (Wildman–Crippen LogP) is 4.53. The molecule has 4 rings (SSSR count). The summed E-state index contributed by atoms with van der Waals surface area (Å²) in [6.07, 6.45) is 3.72. The Morgan fingerprint density at radius 2 is 1.84 bits per heavy atom. The van der Waals surface area contributed by atoms with Crippen LogP contribution in [0.2, 0.25) is 0 Å². The first-order valence-electron chi connectivity index (χ1n) is 11.4. The third kappa shape index (κ3) is 4.79. The largest absolute Gasteiger partial charge is 0.349 e. The molecule has 164 valence electrons. The Hall–Kier alpha value is -2.73. The molecular formula is C25H33N5O. The Labute approximate surface area is 184 Å². The molecule has 0 unspecified atom stereocenters. The molecule has 0 saturated carbocycles. The topological polar surface area (TPSA) is 63.1 Å². The van der Waals surface area contributed by atoms with Gasteiger partial charge in [0.2, 0.25) is 0 Å². The van der Waals surface area contributed by atoms with Crippen molar-refractivity contribution in [2.75, 3.05) is 13.1 Å². The van der Waals surface area contributed by atoms with Gasteiger partial charge in [0.05, 0.1) is 17.1 Å². The summed E-state index contributed by atoms with van der Waals surface area (Å²) in [6.45, 7) is 11.3. The minimum atomic E-state index is -0.0147. The molecule has 1 aliphatic rings. The Morgan fingerprint density at radius 3 is 2.48 bits per heavy atom. The zero-order valence-electron chi connectivity index (χ0n) is 19.0. The molecule has 1 N–H and O–H groups in total. The molecule has 3 aromatic rings. The van der Waals surface area contributed by atoms with Crippen molar-refractivity contribution >= 4 is 16.9 Å². The summed E-state index contributed by atoms with van der Waals surface area (Å²) in [4.78, 5) is 20.5. The molecule has 0 radical (unpaired) electrons. The van der Waals surface area contributed by atoms with Gasteiger partial charge in [0, 0.05) is 37.4 Å². The molecule has 31 heavy (non-hydrogen) atoms. The van der Waals surface area contributed by atoms with Crippen LogP contribution >= 0.6 is 0 Å². The number of piperidine rings is 1. The SMILES string of the molecule is CC(C)c1cc(C(=O)NC2CCN(Cc3ccccc3)CC2)c2cnn(C(C)C)c2n1. The fourth-order valence-electron chi connectivity index (χ4n) is 4.24. The summed E-state index contributed by atoms with van der Waals surface area (Å²) in [5.41, 5.74) is 3.75. The van der Waals surface area contributed by atoms with E-state index in [1.165, 1.54) is 5.56 Å². The molecule has 1 aromatic carbocycles. The van der Waals surface area contributed by atoms with Gasteiger partial charge in [-0.1, -0.05) is 44.2 Å². The number of benzene rings is 1. The second-order valence-electron chi connectivity index (χ2n) is 9.18. The third-order valence-corrected chi connectivity index (χ3v) is 6.08. The average Bonchev–Trinajstić information content (AvgIpc) is 3.19. The molecule has 1 fully saturated rings. The van der Waals surface area contributed by atoms with E-state index in [1.54, 1.807) is 6.20 Å². The van der Waals surface area contributed by atoms with Gasteiger partial charge in [0.25, 0.3) is 5.91 Å². The minimum Gasteiger partial charge on any atom is -0.349 e. The van der Waals surface area contributed by atoms with Crippen LogP contribution in [0.15, 0.2) is 42.6 Å². The van der Waals surface area contributed by atoms with E-state index < -0.39 is 0 Å². The maximum atomic E-state index is 13.3. The highest BCUT2D eigenvalue weighted by Gasteiger charge is 2.24. The van der Waals surface area contributed by atoms with Crippen molar-refractivity contribution in [3.8, 4) is 0 Å². The van der Waals surface area contributed by atoms with Crippen molar-refractivity contribution < 1.29 is 4.79 Å². The number of carbonyl (C=O) groups is 1. The number of hydrogen-bond donors (Lipinski definition) is 1. The van der Waals surface area contributed by atoms with Crippen LogP contribution in [0.5, 0.6) is 0 Å². The number of aromatic nitrogens is 3. The van der Waals surface area contributed by atoms with Crippen LogP contribution in [0, 0.1) is 0 Å². The molecule has 1 aliphatic heterocycles. The van der Waals surface area contributed by atoms with Gasteiger partial charge in [0.1, 0.15) is 0 Å². The van der Waals surface area contributed by atoms with Crippen LogP contribution in [0.4, 0.5) is 0 Å². The number of nitrogens with zero attached hydrogens (tertiary/aromatic N) is 4. The van der Waals surface area contributed by atoms with Crippen molar-refractivity contribution in [1.29, 1.82) is 0 Å². The summed E-state index contributed by atoms with van der Waals surface area (Å²) in [6, 6.07) is 12.9. The summed E-state index contributed by atoms with van der Waals surface area (Å²) in [7, 11) is 0. The lowest BCUT2D eigenvalue weighted by atomic mass is 10.0. The van der Waals surface area contributed by atoms with E-state index in [1.807, 2.05) is 10.7 Å². The number of hydrogen-bond acceptors (Lipinski definition) is 4. The third-order valence-electron chi connectivity index (χ3n) is 6.08. The molecular weight excluding hydrogens is 386 g/mol. The average molecular weight is 420 g/mol. The molecule has 6 nitrogen and oxygen atoms in total. The van der Waals surface area contributed by atoms with Gasteiger partial charge in [-0.05, 0) is 44.2 Å². The normalized spacial score (nSPS) is 15.8. The van der Waals surface area contributed by atoms with Gasteiger partial charge in [-0.25, -0.2) is 9.67 Å². The van der Waals surface area contributed by atoms with Crippen LogP contribution in [0.25, 0.3) is 11.0 Å². The predicted molar refractivity (Wildman–Crippen MR) is 124 cm³/mol. The maximum Gasteiger partial charge on any atom is 0.252 e. The zero-order valence-corrected chi connectivity index (χ0v) is 19.0. The standard InChI is InChI=1S/C25H33N5O/c1-17(2)23-14-21(22-15-26-30(18(3)4)24(22)28-23)25(31)27-20-10-12-29(13-11-20)16-19-8-6-5-7-9-19/h5-9,14-15,17-18,20H,10-13,16H2,1-4H3,(H,27,31). The summed E-state index contributed by atoms with van der Waals surface area (Å²) >= 11 is 0. The summed E-state index contributed by atoms with van der Waals surface area (Å²) in [5, 5.41) is 8.62. The van der Waals surface area contributed by atoms with Gasteiger partial charge in [0.15, 0.2) is 5.65 Å².